The van der Waals surface area contributed by atoms with E-state index in [1.54, 1.807) is 20.8 Å². The molecule has 1 aliphatic rings. The predicted octanol–water partition coefficient (Wildman–Crippen LogP) is 1.01. The van der Waals surface area contributed by atoms with E-state index < -0.39 is 11.9 Å². The fourth-order valence-corrected chi connectivity index (χ4v) is 3.17. The molecule has 2 rings (SSSR count). The molecule has 1 saturated heterocycles. The predicted molar refractivity (Wildman–Crippen MR) is 97.7 cm³/mol. The maximum absolute atomic E-state index is 13.2. The molecule has 27 heavy (non-hydrogen) atoms. The normalized spacial score (nSPS) is 19.0. The lowest BCUT2D eigenvalue weighted by Crippen LogP contribution is -2.47. The summed E-state index contributed by atoms with van der Waals surface area (Å²) in [4.78, 5) is 38.7. The van der Waals surface area contributed by atoms with E-state index in [2.05, 4.69) is 10.6 Å². The first kappa shape index (κ1) is 20.8. The van der Waals surface area contributed by atoms with Crippen molar-refractivity contribution in [1.82, 2.24) is 15.5 Å². The van der Waals surface area contributed by atoms with E-state index in [0.29, 0.717) is 30.7 Å². The molecule has 1 aromatic carbocycles. The molecule has 8 heteroatoms. The van der Waals surface area contributed by atoms with Crippen molar-refractivity contribution in [1.29, 1.82) is 0 Å². The average Bonchev–Trinajstić information content (AvgIpc) is 3.03. The number of aryl methyl sites for hydroxylation is 1. The summed E-state index contributed by atoms with van der Waals surface area (Å²) in [6.07, 6.45) is 0.315. The molecule has 0 spiro atoms. The molecule has 148 valence electrons. The minimum atomic E-state index is -0.655. The second-order valence-corrected chi connectivity index (χ2v) is 6.46. The monoisotopic (exact) mass is 379 g/mol. The Morgan fingerprint density at radius 2 is 2.04 bits per heavy atom. The lowest BCUT2D eigenvalue weighted by atomic mass is 10.1. The number of amides is 3. The fourth-order valence-electron chi connectivity index (χ4n) is 3.17. The van der Waals surface area contributed by atoms with Gasteiger partial charge in [0.15, 0.2) is 0 Å². The van der Waals surface area contributed by atoms with Crippen LogP contribution in [0.3, 0.4) is 0 Å². The van der Waals surface area contributed by atoms with Crippen LogP contribution in [-0.2, 0) is 14.3 Å². The van der Waals surface area contributed by atoms with Crippen LogP contribution in [0.5, 0.6) is 0 Å². The highest BCUT2D eigenvalue weighted by Gasteiger charge is 2.40. The van der Waals surface area contributed by atoms with E-state index in [0.717, 1.165) is 0 Å². The molecular weight excluding hydrogens is 353 g/mol. The Bertz CT molecular complexity index is 710. The first-order chi connectivity index (χ1) is 12.9. The summed E-state index contributed by atoms with van der Waals surface area (Å²) in [5, 5.41) is 5.57. The van der Waals surface area contributed by atoms with Gasteiger partial charge in [-0.2, -0.15) is 0 Å². The molecule has 1 aliphatic heterocycles. The zero-order chi connectivity index (χ0) is 20.0. The number of nitrogens with one attached hydrogen (secondary N) is 2. The second-order valence-electron chi connectivity index (χ2n) is 6.46. The topological polar surface area (TPSA) is 87.7 Å². The Morgan fingerprint density at radius 3 is 2.67 bits per heavy atom. The third kappa shape index (κ3) is 5.26. The Balaban J connectivity index is 2.10. The number of likely N-dealkylation sites (tertiary alicyclic amines) is 1. The summed E-state index contributed by atoms with van der Waals surface area (Å²) < 4.78 is 18.4. The SMILES string of the molecule is CCNC(=O)[C@@H]1C[C@@H](NC(=O)c2ccc(F)cc2C)CN1C(=O)COCC. The van der Waals surface area contributed by atoms with Crippen molar-refractivity contribution < 1.29 is 23.5 Å². The molecule has 2 atom stereocenters. The summed E-state index contributed by atoms with van der Waals surface area (Å²) in [5.41, 5.74) is 0.889. The van der Waals surface area contributed by atoms with Crippen molar-refractivity contribution in [2.24, 2.45) is 0 Å². The van der Waals surface area contributed by atoms with Gasteiger partial charge in [-0.05, 0) is 51.0 Å². The highest BCUT2D eigenvalue weighted by Crippen LogP contribution is 2.20. The number of benzene rings is 1. The van der Waals surface area contributed by atoms with Gasteiger partial charge in [0.05, 0.1) is 0 Å². The number of rotatable bonds is 7. The zero-order valence-electron chi connectivity index (χ0n) is 15.9. The highest BCUT2D eigenvalue weighted by molar-refractivity contribution is 5.96. The summed E-state index contributed by atoms with van der Waals surface area (Å²) in [6.45, 7) is 6.21. The quantitative estimate of drug-likeness (QED) is 0.740. The van der Waals surface area contributed by atoms with Crippen LogP contribution in [0.2, 0.25) is 0 Å². The molecule has 0 aliphatic carbocycles. The van der Waals surface area contributed by atoms with E-state index in [1.165, 1.54) is 23.1 Å². The van der Waals surface area contributed by atoms with Crippen molar-refractivity contribution in [3.05, 3.63) is 35.1 Å². The molecule has 3 amide bonds. The number of nitrogens with zero attached hydrogens (tertiary/aromatic N) is 1. The minimum Gasteiger partial charge on any atom is -0.372 e. The van der Waals surface area contributed by atoms with Crippen LogP contribution in [-0.4, -0.2) is 61.0 Å². The maximum atomic E-state index is 13.2. The maximum Gasteiger partial charge on any atom is 0.251 e. The largest absolute Gasteiger partial charge is 0.372 e. The molecule has 0 bridgehead atoms. The molecule has 0 radical (unpaired) electrons. The number of carbonyl (C=O) groups excluding carboxylic acids is 3. The smallest absolute Gasteiger partial charge is 0.251 e. The van der Waals surface area contributed by atoms with Gasteiger partial charge in [0.1, 0.15) is 18.5 Å². The Kier molecular flexibility index (Phi) is 7.29. The lowest BCUT2D eigenvalue weighted by Gasteiger charge is -2.23. The fraction of sp³-hybridized carbons (Fsp3) is 0.526. The van der Waals surface area contributed by atoms with Gasteiger partial charge in [-0.15, -0.1) is 0 Å². The van der Waals surface area contributed by atoms with E-state index in [9.17, 15) is 18.8 Å². The third-order valence-electron chi connectivity index (χ3n) is 4.47. The molecule has 1 fully saturated rings. The van der Waals surface area contributed by atoms with Gasteiger partial charge in [0, 0.05) is 31.3 Å². The van der Waals surface area contributed by atoms with Crippen molar-refractivity contribution in [3.63, 3.8) is 0 Å². The van der Waals surface area contributed by atoms with E-state index >= 15 is 0 Å². The first-order valence-corrected chi connectivity index (χ1v) is 9.09. The third-order valence-corrected chi connectivity index (χ3v) is 4.47. The molecule has 1 heterocycles. The van der Waals surface area contributed by atoms with Gasteiger partial charge in [-0.1, -0.05) is 0 Å². The standard InChI is InChI=1S/C19H26FN3O4/c1-4-21-19(26)16-9-14(10-23(16)17(24)11-27-5-2)22-18(25)15-7-6-13(20)8-12(15)3/h6-8,14,16H,4-5,9-11H2,1-3H3,(H,21,26)(H,22,25)/t14-,16+/m1/s1. The summed E-state index contributed by atoms with van der Waals surface area (Å²) in [5.74, 6) is -1.31. The number of ether oxygens (including phenoxy) is 1. The van der Waals surface area contributed by atoms with Crippen molar-refractivity contribution in [3.8, 4) is 0 Å². The Morgan fingerprint density at radius 1 is 1.30 bits per heavy atom. The lowest BCUT2D eigenvalue weighted by molar-refractivity contribution is -0.141. The zero-order valence-corrected chi connectivity index (χ0v) is 15.9. The van der Waals surface area contributed by atoms with Crippen molar-refractivity contribution >= 4 is 17.7 Å². The van der Waals surface area contributed by atoms with Gasteiger partial charge in [0.25, 0.3) is 5.91 Å². The molecule has 2 N–H and O–H groups in total. The number of hydrogen-bond donors (Lipinski definition) is 2. The van der Waals surface area contributed by atoms with Gasteiger partial charge in [-0.25, -0.2) is 4.39 Å². The highest BCUT2D eigenvalue weighted by atomic mass is 19.1. The van der Waals surface area contributed by atoms with Crippen LogP contribution in [0.25, 0.3) is 0 Å². The average molecular weight is 379 g/mol. The summed E-state index contributed by atoms with van der Waals surface area (Å²) in [6, 6.07) is 2.91. The number of halogens is 1. The van der Waals surface area contributed by atoms with Crippen LogP contribution in [0, 0.1) is 12.7 Å². The number of carbonyl (C=O) groups is 3. The van der Waals surface area contributed by atoms with Crippen LogP contribution in [0.15, 0.2) is 18.2 Å². The van der Waals surface area contributed by atoms with Gasteiger partial charge >= 0.3 is 0 Å². The first-order valence-electron chi connectivity index (χ1n) is 9.09. The summed E-state index contributed by atoms with van der Waals surface area (Å²) in [7, 11) is 0. The molecular formula is C19H26FN3O4. The second kappa shape index (κ2) is 9.45. The molecule has 0 saturated carbocycles. The number of likely N-dealkylation sites (N-methyl/N-ethyl adjacent to an activating group) is 1. The number of hydrogen-bond acceptors (Lipinski definition) is 4. The molecule has 0 unspecified atom stereocenters. The van der Waals surface area contributed by atoms with Crippen LogP contribution in [0.1, 0.15) is 36.2 Å². The van der Waals surface area contributed by atoms with E-state index in [4.69, 9.17) is 4.74 Å². The van der Waals surface area contributed by atoms with Crippen molar-refractivity contribution in [2.45, 2.75) is 39.3 Å². The minimum absolute atomic E-state index is 0.107. The van der Waals surface area contributed by atoms with Gasteiger partial charge in [0.2, 0.25) is 11.8 Å². The molecule has 7 nitrogen and oxygen atoms in total. The summed E-state index contributed by atoms with van der Waals surface area (Å²) >= 11 is 0. The Hall–Kier alpha value is -2.48. The van der Waals surface area contributed by atoms with E-state index in [-0.39, 0.29) is 36.9 Å². The van der Waals surface area contributed by atoms with E-state index in [1.807, 2.05) is 0 Å². The Labute approximate surface area is 158 Å². The molecule has 0 aromatic heterocycles. The van der Waals surface area contributed by atoms with Crippen molar-refractivity contribution in [2.75, 3.05) is 26.3 Å². The van der Waals surface area contributed by atoms with Crippen LogP contribution in [0.4, 0.5) is 4.39 Å². The van der Waals surface area contributed by atoms with Gasteiger partial charge in [-0.3, -0.25) is 14.4 Å². The van der Waals surface area contributed by atoms with Crippen LogP contribution >= 0.6 is 0 Å². The van der Waals surface area contributed by atoms with Gasteiger partial charge < -0.3 is 20.3 Å². The van der Waals surface area contributed by atoms with Crippen LogP contribution < -0.4 is 10.6 Å². The molecule has 1 aromatic rings.